The quantitative estimate of drug-likeness (QED) is 0.139. The zero-order chi connectivity index (χ0) is 45.3. The lowest BCUT2D eigenvalue weighted by Crippen LogP contribution is -2.42. The Morgan fingerprint density at radius 2 is 1.05 bits per heavy atom. The van der Waals surface area contributed by atoms with Crippen LogP contribution in [0.5, 0.6) is 0 Å². The number of nitrogens with zero attached hydrogens (tertiary/aromatic N) is 10. The van der Waals surface area contributed by atoms with Gasteiger partial charge in [-0.15, -0.1) is 0 Å². The van der Waals surface area contributed by atoms with Crippen molar-refractivity contribution in [2.24, 2.45) is 0 Å². The standard InChI is InChI=1S/C22H24FN5O4.C21H22FN5O4.3CH4/c1-12(29)21-17-6-14(15-8-24-13(2)25-9-15)4-5-18(17)28(26-21)11-20(30)27-10-16(23)7-19(27)22(31)32-3;1-11(28)20-16-5-13(14-7-23-12(2)24-8-14)3-4-17(16)27(25-20)10-19(29)26-9-15(22)6-18(26)21(30)31;;;/h4-6,8-9,12,16,19,29H,7,10-11H2,1-3H3;3-5,7-8,11,15,18,28H,6,9-10H2,1-2H3,(H,30,31);3*1H4/t12?,16-,19+;11?,15-,18+;;;/m11.../s1. The van der Waals surface area contributed by atoms with Gasteiger partial charge in [-0.3, -0.25) is 19.0 Å². The van der Waals surface area contributed by atoms with E-state index in [2.05, 4.69) is 30.1 Å². The molecular formula is C46H58F2N10O8. The molecule has 4 aromatic heterocycles. The fraction of sp³-hybridized carbons (Fsp3) is 0.435. The number of halogens is 2. The molecule has 20 heteroatoms. The number of methoxy groups -OCH3 is 1. The van der Waals surface area contributed by atoms with Crippen molar-refractivity contribution >= 4 is 45.6 Å². The molecule has 6 atom stereocenters. The molecule has 3 N–H and O–H groups in total. The summed E-state index contributed by atoms with van der Waals surface area (Å²) < 4.78 is 35.3. The van der Waals surface area contributed by atoms with Crippen LogP contribution in [0, 0.1) is 13.8 Å². The number of alkyl halides is 2. The van der Waals surface area contributed by atoms with Gasteiger partial charge in [-0.05, 0) is 63.1 Å². The largest absolute Gasteiger partial charge is 0.480 e. The Balaban J connectivity index is 0.000000276. The number of carbonyl (C=O) groups excluding carboxylic acids is 3. The molecular weight excluding hydrogens is 859 g/mol. The maximum atomic E-state index is 13.9. The minimum atomic E-state index is -1.37. The lowest BCUT2D eigenvalue weighted by Gasteiger charge is -2.22. The average molecular weight is 917 g/mol. The Hall–Kier alpha value is -6.80. The second kappa shape index (κ2) is 21.5. The van der Waals surface area contributed by atoms with Crippen molar-refractivity contribution in [3.63, 3.8) is 0 Å². The maximum absolute atomic E-state index is 13.9. The molecule has 2 saturated heterocycles. The first-order valence-corrected chi connectivity index (χ1v) is 20.2. The normalized spacial score (nSPS) is 18.6. The molecule has 6 aromatic rings. The first-order chi connectivity index (χ1) is 30.0. The van der Waals surface area contributed by atoms with E-state index in [1.807, 2.05) is 24.3 Å². The van der Waals surface area contributed by atoms with Crippen LogP contribution in [-0.4, -0.2) is 133 Å². The van der Waals surface area contributed by atoms with E-state index in [-0.39, 0.29) is 61.3 Å². The molecule has 0 radical (unpaired) electrons. The molecule has 0 saturated carbocycles. The summed E-state index contributed by atoms with van der Waals surface area (Å²) in [5, 5.41) is 39.9. The predicted molar refractivity (Wildman–Crippen MR) is 242 cm³/mol. The van der Waals surface area contributed by atoms with Crippen molar-refractivity contribution < 1.29 is 48.0 Å². The number of amides is 2. The van der Waals surface area contributed by atoms with Gasteiger partial charge in [0.15, 0.2) is 0 Å². The number of ether oxygens (including phenoxy) is 1. The fourth-order valence-electron chi connectivity index (χ4n) is 7.86. The summed E-state index contributed by atoms with van der Waals surface area (Å²) in [6.07, 6.45) is 2.11. The Morgan fingerprint density at radius 3 is 1.41 bits per heavy atom. The molecule has 8 rings (SSSR count). The molecule has 2 aromatic carbocycles. The summed E-state index contributed by atoms with van der Waals surface area (Å²) in [7, 11) is 1.21. The van der Waals surface area contributed by atoms with Crippen LogP contribution in [-0.2, 0) is 37.0 Å². The Kier molecular flexibility index (Phi) is 16.9. The Bertz CT molecular complexity index is 2670. The number of aliphatic carboxylic acids is 1. The highest BCUT2D eigenvalue weighted by molar-refractivity contribution is 5.91. The average Bonchev–Trinajstić information content (AvgIpc) is 4.04. The highest BCUT2D eigenvalue weighted by Crippen LogP contribution is 2.32. The highest BCUT2D eigenvalue weighted by Gasteiger charge is 2.41. The number of esters is 1. The van der Waals surface area contributed by atoms with E-state index in [4.69, 9.17) is 4.74 Å². The topological polar surface area (TPSA) is 232 Å². The van der Waals surface area contributed by atoms with Crippen molar-refractivity contribution in [3.8, 4) is 22.3 Å². The summed E-state index contributed by atoms with van der Waals surface area (Å²) in [6.45, 7) is 5.88. The summed E-state index contributed by atoms with van der Waals surface area (Å²) in [6, 6.07) is 8.83. The van der Waals surface area contributed by atoms with E-state index in [0.29, 0.717) is 44.8 Å². The molecule has 66 heavy (non-hydrogen) atoms. The molecule has 18 nitrogen and oxygen atoms in total. The minimum Gasteiger partial charge on any atom is -0.480 e. The summed E-state index contributed by atoms with van der Waals surface area (Å²) in [5.41, 5.74) is 5.31. The lowest BCUT2D eigenvalue weighted by molar-refractivity contribution is -0.151. The molecule has 6 heterocycles. The number of aromatic nitrogens is 8. The van der Waals surface area contributed by atoms with Crippen molar-refractivity contribution in [2.45, 2.75) is 113 Å². The van der Waals surface area contributed by atoms with Crippen LogP contribution >= 0.6 is 0 Å². The third kappa shape index (κ3) is 10.8. The number of aliphatic hydroxyl groups excluding tert-OH is 2. The van der Waals surface area contributed by atoms with E-state index in [0.717, 1.165) is 27.2 Å². The smallest absolute Gasteiger partial charge is 0.328 e. The first kappa shape index (κ1) is 51.8. The van der Waals surface area contributed by atoms with Gasteiger partial charge in [0, 0.05) is 59.5 Å². The minimum absolute atomic E-state index is 0. The zero-order valence-corrected chi connectivity index (χ0v) is 35.1. The number of hydrogen-bond donors (Lipinski definition) is 3. The van der Waals surface area contributed by atoms with Crippen LogP contribution in [0.1, 0.15) is 84.2 Å². The molecule has 0 bridgehead atoms. The number of fused-ring (bicyclic) bond motifs is 2. The number of aryl methyl sites for hydroxylation is 2. The van der Waals surface area contributed by atoms with Gasteiger partial charge in [-0.25, -0.2) is 38.3 Å². The van der Waals surface area contributed by atoms with E-state index in [1.54, 1.807) is 64.6 Å². The van der Waals surface area contributed by atoms with Crippen LogP contribution in [0.25, 0.3) is 44.1 Å². The van der Waals surface area contributed by atoms with Gasteiger partial charge in [-0.2, -0.15) is 10.2 Å². The van der Waals surface area contributed by atoms with Crippen LogP contribution in [0.3, 0.4) is 0 Å². The fourth-order valence-corrected chi connectivity index (χ4v) is 7.86. The van der Waals surface area contributed by atoms with E-state index < -0.39 is 60.4 Å². The van der Waals surface area contributed by atoms with Crippen molar-refractivity contribution in [1.82, 2.24) is 49.3 Å². The van der Waals surface area contributed by atoms with Gasteiger partial charge in [0.2, 0.25) is 11.8 Å². The van der Waals surface area contributed by atoms with Crippen molar-refractivity contribution in [2.75, 3.05) is 20.2 Å². The highest BCUT2D eigenvalue weighted by atomic mass is 19.1. The SMILES string of the molecule is C.C.C.COC(=O)[C@@H]1C[C@@H](F)CN1C(=O)Cn1nc(C(C)O)c2cc(-c3cnc(C)nc3)ccc21.Cc1ncc(-c2ccc3c(c2)c(C(C)O)nn3CC(=O)N2C[C@H](F)C[C@H]2C(=O)O)cn1. The maximum Gasteiger partial charge on any atom is 0.328 e. The summed E-state index contributed by atoms with van der Waals surface area (Å²) in [4.78, 5) is 68.2. The summed E-state index contributed by atoms with van der Waals surface area (Å²) >= 11 is 0. The van der Waals surface area contributed by atoms with E-state index in [1.165, 1.54) is 21.4 Å². The van der Waals surface area contributed by atoms with Gasteiger partial charge in [0.05, 0.1) is 54.8 Å². The molecule has 0 aliphatic carbocycles. The number of carboxylic acid groups (broad SMARTS) is 1. The van der Waals surface area contributed by atoms with Gasteiger partial charge >= 0.3 is 11.9 Å². The molecule has 2 fully saturated rings. The Labute approximate surface area is 381 Å². The van der Waals surface area contributed by atoms with Crippen LogP contribution < -0.4 is 0 Å². The third-order valence-corrected chi connectivity index (χ3v) is 11.0. The number of hydrogen-bond acceptors (Lipinski definition) is 13. The number of likely N-dealkylation sites (tertiary alicyclic amines) is 2. The Morgan fingerprint density at radius 1 is 0.667 bits per heavy atom. The van der Waals surface area contributed by atoms with Crippen molar-refractivity contribution in [1.29, 1.82) is 0 Å². The lowest BCUT2D eigenvalue weighted by atomic mass is 10.0. The second-order valence-corrected chi connectivity index (χ2v) is 15.6. The predicted octanol–water partition coefficient (Wildman–Crippen LogP) is 5.75. The van der Waals surface area contributed by atoms with Gasteiger partial charge < -0.3 is 29.9 Å². The molecule has 0 spiro atoms. The molecule has 2 aliphatic heterocycles. The second-order valence-electron chi connectivity index (χ2n) is 15.6. The van der Waals surface area contributed by atoms with Gasteiger partial charge in [0.25, 0.3) is 0 Å². The monoisotopic (exact) mass is 916 g/mol. The summed E-state index contributed by atoms with van der Waals surface area (Å²) in [5.74, 6) is -1.54. The van der Waals surface area contributed by atoms with Gasteiger partial charge in [0.1, 0.15) is 49.2 Å². The first-order valence-electron chi connectivity index (χ1n) is 20.2. The number of carboxylic acids is 1. The zero-order valence-electron chi connectivity index (χ0n) is 35.1. The van der Waals surface area contributed by atoms with Gasteiger partial charge in [-0.1, -0.05) is 34.4 Å². The van der Waals surface area contributed by atoms with Crippen LogP contribution in [0.4, 0.5) is 8.78 Å². The van der Waals surface area contributed by atoms with E-state index >= 15 is 0 Å². The number of aliphatic hydroxyl groups is 2. The molecule has 2 aliphatic rings. The van der Waals surface area contributed by atoms with Crippen LogP contribution in [0.2, 0.25) is 0 Å². The van der Waals surface area contributed by atoms with Crippen molar-refractivity contribution in [3.05, 3.63) is 84.2 Å². The van der Waals surface area contributed by atoms with Crippen LogP contribution in [0.15, 0.2) is 61.2 Å². The molecule has 354 valence electrons. The third-order valence-electron chi connectivity index (χ3n) is 11.0. The number of rotatable bonds is 10. The molecule has 2 unspecified atom stereocenters. The molecule has 2 amide bonds. The van der Waals surface area contributed by atoms with E-state index in [9.17, 15) is 43.3 Å². The number of benzene rings is 2. The number of carbonyl (C=O) groups is 4.